The summed E-state index contributed by atoms with van der Waals surface area (Å²) in [6.45, 7) is 4.03. The molecular formula is C14H21FN2O. The molecule has 0 aromatic heterocycles. The van der Waals surface area contributed by atoms with Crippen LogP contribution in [0.5, 0.6) is 0 Å². The summed E-state index contributed by atoms with van der Waals surface area (Å²) in [5.74, 6) is -0.239. The number of oxime groups is 1. The minimum atomic E-state index is -0.239. The number of unbranched alkanes of at least 4 members (excludes halogenated alkanes) is 1. The van der Waals surface area contributed by atoms with Crippen molar-refractivity contribution < 1.29 is 9.23 Å². The lowest BCUT2D eigenvalue weighted by Gasteiger charge is -2.07. The predicted octanol–water partition coefficient (Wildman–Crippen LogP) is 2.96. The summed E-state index contributed by atoms with van der Waals surface area (Å²) in [4.78, 5) is 4.83. The van der Waals surface area contributed by atoms with Gasteiger partial charge in [0.05, 0.1) is 5.71 Å². The van der Waals surface area contributed by atoms with E-state index < -0.39 is 0 Å². The van der Waals surface area contributed by atoms with E-state index >= 15 is 0 Å². The molecule has 0 amide bonds. The molecule has 1 N–H and O–H groups in total. The van der Waals surface area contributed by atoms with E-state index in [1.165, 1.54) is 32.1 Å². The maximum atomic E-state index is 12.8. The number of benzene rings is 1. The molecule has 0 saturated carbocycles. The first kappa shape index (κ1) is 14.6. The van der Waals surface area contributed by atoms with E-state index in [-0.39, 0.29) is 5.82 Å². The van der Waals surface area contributed by atoms with Crippen molar-refractivity contribution in [2.24, 2.45) is 5.16 Å². The van der Waals surface area contributed by atoms with Crippen LogP contribution in [0.3, 0.4) is 0 Å². The normalized spacial score (nSPS) is 11.6. The van der Waals surface area contributed by atoms with Gasteiger partial charge >= 0.3 is 0 Å². The third kappa shape index (κ3) is 5.27. The lowest BCUT2D eigenvalue weighted by molar-refractivity contribution is 0.213. The number of rotatable bonds is 8. The first-order valence-corrected chi connectivity index (χ1v) is 6.34. The maximum absolute atomic E-state index is 12.8. The average molecular weight is 252 g/mol. The molecule has 0 saturated heterocycles. The van der Waals surface area contributed by atoms with Crippen molar-refractivity contribution in [3.63, 3.8) is 0 Å². The van der Waals surface area contributed by atoms with E-state index in [1.807, 2.05) is 0 Å². The van der Waals surface area contributed by atoms with Crippen LogP contribution in [0.25, 0.3) is 0 Å². The Morgan fingerprint density at radius 3 is 2.61 bits per heavy atom. The summed E-state index contributed by atoms with van der Waals surface area (Å²) in [7, 11) is 1.52. The fraction of sp³-hybridized carbons (Fsp3) is 0.500. The summed E-state index contributed by atoms with van der Waals surface area (Å²) >= 11 is 0. The van der Waals surface area contributed by atoms with E-state index in [1.54, 1.807) is 12.1 Å². The van der Waals surface area contributed by atoms with E-state index in [0.29, 0.717) is 0 Å². The molecule has 0 aliphatic heterocycles. The molecule has 0 bridgehead atoms. The molecule has 1 rings (SSSR count). The van der Waals surface area contributed by atoms with Crippen LogP contribution in [0.1, 0.15) is 31.7 Å². The second kappa shape index (κ2) is 8.64. The number of nitrogens with one attached hydrogen (secondary N) is 1. The highest BCUT2D eigenvalue weighted by molar-refractivity contribution is 6.00. The summed E-state index contributed by atoms with van der Waals surface area (Å²) < 4.78 is 12.8. The van der Waals surface area contributed by atoms with Gasteiger partial charge < -0.3 is 10.2 Å². The van der Waals surface area contributed by atoms with Crippen molar-refractivity contribution in [1.82, 2.24) is 5.32 Å². The van der Waals surface area contributed by atoms with Crippen LogP contribution in [-0.2, 0) is 4.84 Å². The molecule has 1 aromatic carbocycles. The summed E-state index contributed by atoms with van der Waals surface area (Å²) in [6.07, 6.45) is 3.13. The summed E-state index contributed by atoms with van der Waals surface area (Å²) in [5, 5.41) is 7.34. The molecule has 18 heavy (non-hydrogen) atoms. The Bertz CT molecular complexity index is 363. The van der Waals surface area contributed by atoms with Gasteiger partial charge in [-0.2, -0.15) is 0 Å². The van der Waals surface area contributed by atoms with Crippen molar-refractivity contribution in [1.29, 1.82) is 0 Å². The zero-order valence-electron chi connectivity index (χ0n) is 11.1. The summed E-state index contributed by atoms with van der Waals surface area (Å²) in [6, 6.07) is 6.31. The van der Waals surface area contributed by atoms with Gasteiger partial charge in [0.1, 0.15) is 12.9 Å². The van der Waals surface area contributed by atoms with Gasteiger partial charge in [-0.3, -0.25) is 0 Å². The zero-order valence-corrected chi connectivity index (χ0v) is 11.1. The van der Waals surface area contributed by atoms with Gasteiger partial charge in [0, 0.05) is 13.0 Å². The van der Waals surface area contributed by atoms with Crippen LogP contribution in [0.2, 0.25) is 0 Å². The van der Waals surface area contributed by atoms with Crippen LogP contribution in [0, 0.1) is 5.82 Å². The standard InChI is InChI=1S/C14H21FN2O/c1-3-4-10-16-11-9-14(17-18-2)12-5-7-13(15)8-6-12/h5-8,16H,3-4,9-11H2,1-2H3/b17-14-. The highest BCUT2D eigenvalue weighted by atomic mass is 19.1. The van der Waals surface area contributed by atoms with Crippen molar-refractivity contribution in [3.8, 4) is 0 Å². The Labute approximate surface area is 108 Å². The molecule has 0 radical (unpaired) electrons. The molecule has 0 atom stereocenters. The quantitative estimate of drug-likeness (QED) is 0.438. The zero-order chi connectivity index (χ0) is 13.2. The van der Waals surface area contributed by atoms with Gasteiger partial charge in [-0.25, -0.2) is 4.39 Å². The largest absolute Gasteiger partial charge is 0.399 e. The van der Waals surface area contributed by atoms with Crippen molar-refractivity contribution in [3.05, 3.63) is 35.6 Å². The second-order valence-corrected chi connectivity index (χ2v) is 4.08. The SMILES string of the molecule is CCCCNCC/C(=N/OC)c1ccc(F)cc1. The Morgan fingerprint density at radius 1 is 1.28 bits per heavy atom. The number of halogens is 1. The van der Waals surface area contributed by atoms with Crippen LogP contribution in [0.15, 0.2) is 29.4 Å². The summed E-state index contributed by atoms with van der Waals surface area (Å²) in [5.41, 5.74) is 1.73. The fourth-order valence-electron chi connectivity index (χ4n) is 1.63. The van der Waals surface area contributed by atoms with Crippen molar-refractivity contribution in [2.75, 3.05) is 20.2 Å². The first-order valence-electron chi connectivity index (χ1n) is 6.34. The van der Waals surface area contributed by atoms with Gasteiger partial charge in [-0.05, 0) is 30.7 Å². The number of nitrogens with zero attached hydrogens (tertiary/aromatic N) is 1. The molecule has 3 nitrogen and oxygen atoms in total. The molecule has 0 fully saturated rings. The van der Waals surface area contributed by atoms with Crippen molar-refractivity contribution >= 4 is 5.71 Å². The van der Waals surface area contributed by atoms with E-state index in [4.69, 9.17) is 4.84 Å². The molecular weight excluding hydrogens is 231 g/mol. The third-order valence-corrected chi connectivity index (χ3v) is 2.62. The predicted molar refractivity (Wildman–Crippen MR) is 72.3 cm³/mol. The Hall–Kier alpha value is -1.42. The van der Waals surface area contributed by atoms with E-state index in [2.05, 4.69) is 17.4 Å². The number of hydrogen-bond donors (Lipinski definition) is 1. The Morgan fingerprint density at radius 2 is 2.00 bits per heavy atom. The van der Waals surface area contributed by atoms with Crippen LogP contribution < -0.4 is 5.32 Å². The molecule has 0 aliphatic rings. The monoisotopic (exact) mass is 252 g/mol. The molecule has 0 spiro atoms. The van der Waals surface area contributed by atoms with Gasteiger partial charge in [0.25, 0.3) is 0 Å². The van der Waals surface area contributed by atoms with Crippen LogP contribution in [0.4, 0.5) is 4.39 Å². The molecule has 0 unspecified atom stereocenters. The fourth-order valence-corrected chi connectivity index (χ4v) is 1.63. The van der Waals surface area contributed by atoms with Gasteiger partial charge in [0.2, 0.25) is 0 Å². The molecule has 4 heteroatoms. The minimum absolute atomic E-state index is 0.239. The van der Waals surface area contributed by atoms with Gasteiger partial charge in [0.15, 0.2) is 0 Å². The molecule has 0 heterocycles. The Kier molecular flexibility index (Phi) is 7.03. The van der Waals surface area contributed by atoms with E-state index in [0.717, 1.165) is 30.8 Å². The van der Waals surface area contributed by atoms with Crippen LogP contribution >= 0.6 is 0 Å². The second-order valence-electron chi connectivity index (χ2n) is 4.08. The first-order chi connectivity index (χ1) is 8.77. The van der Waals surface area contributed by atoms with Gasteiger partial charge in [-0.1, -0.05) is 30.6 Å². The number of hydrogen-bond acceptors (Lipinski definition) is 3. The molecule has 0 aliphatic carbocycles. The minimum Gasteiger partial charge on any atom is -0.399 e. The third-order valence-electron chi connectivity index (χ3n) is 2.62. The van der Waals surface area contributed by atoms with Crippen molar-refractivity contribution in [2.45, 2.75) is 26.2 Å². The lowest BCUT2D eigenvalue weighted by atomic mass is 10.1. The van der Waals surface area contributed by atoms with Crippen LogP contribution in [-0.4, -0.2) is 25.9 Å². The molecule has 1 aromatic rings. The van der Waals surface area contributed by atoms with Gasteiger partial charge in [-0.15, -0.1) is 0 Å². The average Bonchev–Trinajstić information content (AvgIpc) is 2.38. The topological polar surface area (TPSA) is 33.6 Å². The lowest BCUT2D eigenvalue weighted by Crippen LogP contribution is -2.20. The molecule has 100 valence electrons. The smallest absolute Gasteiger partial charge is 0.123 e. The maximum Gasteiger partial charge on any atom is 0.123 e. The van der Waals surface area contributed by atoms with E-state index in [9.17, 15) is 4.39 Å². The highest BCUT2D eigenvalue weighted by Gasteiger charge is 2.04. The highest BCUT2D eigenvalue weighted by Crippen LogP contribution is 2.07. The Balaban J connectivity index is 2.50.